The summed E-state index contributed by atoms with van der Waals surface area (Å²) in [5.74, 6) is 0.834. The highest BCUT2D eigenvalue weighted by atomic mass is 35.5. The summed E-state index contributed by atoms with van der Waals surface area (Å²) in [5.41, 5.74) is 5.98. The number of rotatable bonds is 4. The van der Waals surface area contributed by atoms with Crippen molar-refractivity contribution < 1.29 is 4.92 Å². The predicted molar refractivity (Wildman–Crippen MR) is 109 cm³/mol. The van der Waals surface area contributed by atoms with Gasteiger partial charge in [0.05, 0.1) is 16.2 Å². The van der Waals surface area contributed by atoms with Crippen LogP contribution >= 0.6 is 11.6 Å². The maximum absolute atomic E-state index is 10.7. The van der Waals surface area contributed by atoms with E-state index in [9.17, 15) is 10.1 Å². The summed E-state index contributed by atoms with van der Waals surface area (Å²) >= 11 is 6.47. The van der Waals surface area contributed by atoms with Gasteiger partial charge in [-0.2, -0.15) is 5.10 Å². The molecule has 8 heteroatoms. The molecule has 142 valence electrons. The van der Waals surface area contributed by atoms with Gasteiger partial charge in [-0.3, -0.25) is 15.5 Å². The smallest absolute Gasteiger partial charge is 0.287 e. The van der Waals surface area contributed by atoms with Crippen molar-refractivity contribution in [3.63, 3.8) is 0 Å². The first-order valence-corrected chi connectivity index (χ1v) is 9.03. The van der Waals surface area contributed by atoms with Gasteiger partial charge in [0, 0.05) is 29.9 Å². The van der Waals surface area contributed by atoms with Crippen molar-refractivity contribution in [3.8, 4) is 0 Å². The lowest BCUT2D eigenvalue weighted by molar-refractivity contribution is -0.385. The van der Waals surface area contributed by atoms with Crippen molar-refractivity contribution in [2.75, 3.05) is 17.4 Å². The summed E-state index contributed by atoms with van der Waals surface area (Å²) in [6.45, 7) is 6.69. The average Bonchev–Trinajstić information content (AvgIpc) is 2.61. The van der Waals surface area contributed by atoms with Crippen LogP contribution in [0.3, 0.4) is 0 Å². The van der Waals surface area contributed by atoms with Crippen molar-refractivity contribution in [3.05, 3.63) is 56.7 Å². The van der Waals surface area contributed by atoms with Crippen LogP contribution in [0, 0.1) is 10.1 Å². The van der Waals surface area contributed by atoms with Crippen molar-refractivity contribution in [2.45, 2.75) is 38.6 Å². The fraction of sp³-hybridized carbons (Fsp3) is 0.368. The molecule has 2 aromatic rings. The second kappa shape index (κ2) is 7.15. The minimum absolute atomic E-state index is 0.0664. The number of hydrogen-bond donors (Lipinski definition) is 1. The number of nitro groups is 1. The van der Waals surface area contributed by atoms with Gasteiger partial charge in [-0.25, -0.2) is 4.98 Å². The van der Waals surface area contributed by atoms with Crippen molar-refractivity contribution in [2.24, 2.45) is 5.10 Å². The van der Waals surface area contributed by atoms with Gasteiger partial charge in [0.2, 0.25) is 0 Å². The number of nitrogens with zero attached hydrogens (tertiary/aromatic N) is 4. The first kappa shape index (κ1) is 19.1. The van der Waals surface area contributed by atoms with Crippen molar-refractivity contribution in [1.29, 1.82) is 0 Å². The Morgan fingerprint density at radius 1 is 1.44 bits per heavy atom. The number of aromatic nitrogens is 1. The molecule has 0 unspecified atom stereocenters. The SMILES string of the molecule is C[C@@H]1CC(C)(C)N(C)c2cc(Cl)c(/C=N\Nc3ccc([N+](=O)[O-])cn3)cc21. The Hall–Kier alpha value is -2.67. The van der Waals surface area contributed by atoms with Gasteiger partial charge in [0.1, 0.15) is 12.0 Å². The Labute approximate surface area is 163 Å². The predicted octanol–water partition coefficient (Wildman–Crippen LogP) is 4.81. The van der Waals surface area contributed by atoms with Crippen LogP contribution in [0.1, 0.15) is 44.2 Å². The summed E-state index contributed by atoms with van der Waals surface area (Å²) in [4.78, 5) is 16.4. The van der Waals surface area contributed by atoms with Crippen LogP contribution in [0.25, 0.3) is 0 Å². The molecular formula is C19H22ClN5O2. The molecule has 0 saturated carbocycles. The summed E-state index contributed by atoms with van der Waals surface area (Å²) in [5, 5.41) is 15.4. The van der Waals surface area contributed by atoms with Crippen LogP contribution < -0.4 is 10.3 Å². The summed E-state index contributed by atoms with van der Waals surface area (Å²) in [7, 11) is 2.09. The maximum Gasteiger partial charge on any atom is 0.287 e. The third-order valence-electron chi connectivity index (χ3n) is 5.09. The van der Waals surface area contributed by atoms with Crippen LogP contribution in [0.5, 0.6) is 0 Å². The molecule has 7 nitrogen and oxygen atoms in total. The molecule has 3 rings (SSSR count). The lowest BCUT2D eigenvalue weighted by Gasteiger charge is -2.45. The standard InChI is InChI=1S/C19H22ClN5O2/c1-12-9-19(2,3)24(4)17-8-16(20)13(7-15(12)17)10-22-23-18-6-5-14(11-21-18)25(26)27/h5-8,10-12H,9H2,1-4H3,(H,21,23)/b22-10-/t12-/m1/s1. The quantitative estimate of drug-likeness (QED) is 0.462. The molecule has 2 heterocycles. The van der Waals surface area contributed by atoms with E-state index < -0.39 is 4.92 Å². The number of fused-ring (bicyclic) bond motifs is 1. The Morgan fingerprint density at radius 3 is 2.81 bits per heavy atom. The minimum Gasteiger partial charge on any atom is -0.369 e. The number of nitrogens with one attached hydrogen (secondary N) is 1. The first-order chi connectivity index (χ1) is 12.7. The number of pyridine rings is 1. The Morgan fingerprint density at radius 2 is 2.19 bits per heavy atom. The topological polar surface area (TPSA) is 83.7 Å². The highest BCUT2D eigenvalue weighted by molar-refractivity contribution is 6.33. The Balaban J connectivity index is 1.81. The molecule has 27 heavy (non-hydrogen) atoms. The van der Waals surface area contributed by atoms with Gasteiger partial charge in [0.15, 0.2) is 0 Å². The highest BCUT2D eigenvalue weighted by Crippen LogP contribution is 2.44. The molecule has 0 radical (unpaired) electrons. The van der Waals surface area contributed by atoms with Gasteiger partial charge in [-0.15, -0.1) is 0 Å². The molecule has 0 spiro atoms. The van der Waals surface area contributed by atoms with E-state index in [2.05, 4.69) is 54.3 Å². The largest absolute Gasteiger partial charge is 0.369 e. The summed E-state index contributed by atoms with van der Waals surface area (Å²) < 4.78 is 0. The fourth-order valence-corrected chi connectivity index (χ4v) is 3.64. The van der Waals surface area contributed by atoms with Gasteiger partial charge < -0.3 is 4.90 Å². The van der Waals surface area contributed by atoms with E-state index in [1.54, 1.807) is 6.21 Å². The number of benzene rings is 1. The molecule has 1 aliphatic rings. The molecule has 0 amide bonds. The van der Waals surface area contributed by atoms with Crippen LogP contribution in [0.4, 0.5) is 17.2 Å². The van der Waals surface area contributed by atoms with Crippen molar-refractivity contribution in [1.82, 2.24) is 4.98 Å². The van der Waals surface area contributed by atoms with E-state index in [4.69, 9.17) is 11.6 Å². The molecule has 1 aromatic carbocycles. The summed E-state index contributed by atoms with van der Waals surface area (Å²) in [6, 6.07) is 6.93. The van der Waals surface area contributed by atoms with Crippen LogP contribution in [0.15, 0.2) is 35.6 Å². The monoisotopic (exact) mass is 387 g/mol. The average molecular weight is 388 g/mol. The molecule has 0 fully saturated rings. The van der Waals surface area contributed by atoms with Crippen molar-refractivity contribution >= 4 is 35.0 Å². The molecular weight excluding hydrogens is 366 g/mol. The first-order valence-electron chi connectivity index (χ1n) is 8.66. The van der Waals surface area contributed by atoms with Crippen LogP contribution in [-0.4, -0.2) is 28.7 Å². The molecule has 1 aliphatic heterocycles. The van der Waals surface area contributed by atoms with Gasteiger partial charge in [-0.05, 0) is 49.9 Å². The summed E-state index contributed by atoms with van der Waals surface area (Å²) in [6.07, 6.45) is 3.88. The third-order valence-corrected chi connectivity index (χ3v) is 5.42. The zero-order valence-electron chi connectivity index (χ0n) is 15.7. The number of halogens is 1. The number of hydrogen-bond acceptors (Lipinski definition) is 6. The fourth-order valence-electron chi connectivity index (χ4n) is 3.43. The van der Waals surface area contributed by atoms with Gasteiger partial charge >= 0.3 is 0 Å². The van der Waals surface area contributed by atoms with Gasteiger partial charge in [0.25, 0.3) is 5.69 Å². The number of anilines is 2. The maximum atomic E-state index is 10.7. The molecule has 0 bridgehead atoms. The normalized spacial score (nSPS) is 18.4. The number of hydrazone groups is 1. The molecule has 1 N–H and O–H groups in total. The van der Waals surface area contributed by atoms with Crippen LogP contribution in [0.2, 0.25) is 5.02 Å². The minimum atomic E-state index is -0.494. The second-order valence-corrected chi connectivity index (χ2v) is 7.85. The highest BCUT2D eigenvalue weighted by Gasteiger charge is 2.34. The van der Waals surface area contributed by atoms with E-state index >= 15 is 0 Å². The Bertz CT molecular complexity index is 896. The molecule has 0 aliphatic carbocycles. The lowest BCUT2D eigenvalue weighted by Crippen LogP contribution is -2.45. The van der Waals surface area contributed by atoms with Crippen LogP contribution in [-0.2, 0) is 0 Å². The molecule has 1 aromatic heterocycles. The second-order valence-electron chi connectivity index (χ2n) is 7.44. The van der Waals surface area contributed by atoms with E-state index in [0.717, 1.165) is 17.7 Å². The van der Waals surface area contributed by atoms with E-state index in [0.29, 0.717) is 16.8 Å². The molecule has 0 saturated heterocycles. The third kappa shape index (κ3) is 3.88. The zero-order valence-corrected chi connectivity index (χ0v) is 16.5. The van der Waals surface area contributed by atoms with E-state index in [-0.39, 0.29) is 11.2 Å². The van der Waals surface area contributed by atoms with E-state index in [1.165, 1.54) is 23.9 Å². The molecule has 1 atom stereocenters. The van der Waals surface area contributed by atoms with Gasteiger partial charge in [-0.1, -0.05) is 18.5 Å². The Kier molecular flexibility index (Phi) is 5.06. The zero-order chi connectivity index (χ0) is 19.8. The lowest BCUT2D eigenvalue weighted by atomic mass is 9.80. The van der Waals surface area contributed by atoms with E-state index in [1.807, 2.05) is 6.07 Å².